The molecule has 0 atom stereocenters. The smallest absolute Gasteiger partial charge is 0.177 e. The molecule has 2 rings (SSSR count). The lowest BCUT2D eigenvalue weighted by atomic mass is 10.4. The van der Waals surface area contributed by atoms with E-state index in [4.69, 9.17) is 4.98 Å². The van der Waals surface area contributed by atoms with Gasteiger partial charge in [0, 0.05) is 17.9 Å². The van der Waals surface area contributed by atoms with Gasteiger partial charge in [0.05, 0.1) is 24.0 Å². The highest BCUT2D eigenvalue weighted by molar-refractivity contribution is 9.10. The van der Waals surface area contributed by atoms with Crippen LogP contribution in [0.1, 0.15) is 65.1 Å². The second kappa shape index (κ2) is 9.87. The minimum atomic E-state index is -0.968. The van der Waals surface area contributed by atoms with Crippen molar-refractivity contribution < 1.29 is 0 Å². The third kappa shape index (κ3) is 5.52. The molecule has 5 heteroatoms. The summed E-state index contributed by atoms with van der Waals surface area (Å²) < 4.78 is 1.01. The number of nitrogens with one attached hydrogen (secondary N) is 1. The lowest BCUT2D eigenvalue weighted by Gasteiger charge is -2.27. The highest BCUT2D eigenvalue weighted by Crippen LogP contribution is 2.63. The first-order valence-corrected chi connectivity index (χ1v) is 12.8. The number of rotatable bonds is 11. The molecule has 0 bridgehead atoms. The van der Waals surface area contributed by atoms with Crippen LogP contribution in [0.5, 0.6) is 0 Å². The number of hydrogen-bond acceptors (Lipinski definition) is 2. The Balaban J connectivity index is 2.24. The second-order valence-corrected chi connectivity index (χ2v) is 12.2. The molecule has 0 radical (unpaired) electrons. The maximum absolute atomic E-state index is 4.80. The molecule has 0 saturated heterocycles. The predicted molar refractivity (Wildman–Crippen MR) is 112 cm³/mol. The zero-order valence-electron chi connectivity index (χ0n) is 15.4. The molecule has 0 unspecified atom stereocenters. The van der Waals surface area contributed by atoms with Crippen molar-refractivity contribution in [2.45, 2.75) is 65.5 Å². The lowest BCUT2D eigenvalue weighted by Crippen LogP contribution is -2.12. The number of pyridine rings is 1. The summed E-state index contributed by atoms with van der Waals surface area (Å²) in [6.45, 7) is 6.95. The molecule has 0 saturated carbocycles. The quantitative estimate of drug-likeness (QED) is 0.420. The third-order valence-corrected chi connectivity index (χ3v) is 10.00. The summed E-state index contributed by atoms with van der Waals surface area (Å²) >= 11 is 3.50. The summed E-state index contributed by atoms with van der Waals surface area (Å²) in [6.07, 6.45) is 15.3. The number of fused-ring (bicyclic) bond motifs is 1. The molecule has 2 aromatic rings. The van der Waals surface area contributed by atoms with E-state index >= 15 is 0 Å². The minimum Gasteiger partial charge on any atom is -0.337 e. The van der Waals surface area contributed by atoms with Crippen LogP contribution in [0.3, 0.4) is 0 Å². The summed E-state index contributed by atoms with van der Waals surface area (Å²) in [5.41, 5.74) is 1.91. The normalized spacial score (nSPS) is 12.2. The van der Waals surface area contributed by atoms with Crippen LogP contribution in [0, 0.1) is 0 Å². The molecule has 1 N–H and O–H groups in total. The van der Waals surface area contributed by atoms with Gasteiger partial charge in [-0.05, 0) is 41.3 Å². The standard InChI is InChI=1S/C19H32BrN3P/c1-4-7-10-24(11-8-5-2,12-9-6-3)15-18-22-17-13-16(20)14-21-19(17)23-18/h13-14H,4-12,15H2,1-3H3,(H,21,22,23)/q+1. The predicted octanol–water partition coefficient (Wildman–Crippen LogP) is 6.64. The van der Waals surface area contributed by atoms with Gasteiger partial charge in [0.1, 0.15) is 12.0 Å². The van der Waals surface area contributed by atoms with Gasteiger partial charge in [-0.2, -0.15) is 0 Å². The number of unbranched alkanes of at least 4 members (excludes halogenated alkanes) is 3. The first-order chi connectivity index (χ1) is 11.6. The number of aromatic amines is 1. The molecule has 0 aliphatic heterocycles. The van der Waals surface area contributed by atoms with E-state index in [9.17, 15) is 0 Å². The van der Waals surface area contributed by atoms with Gasteiger partial charge in [0.25, 0.3) is 0 Å². The topological polar surface area (TPSA) is 41.6 Å². The average Bonchev–Trinajstić information content (AvgIpc) is 2.97. The fraction of sp³-hybridized carbons (Fsp3) is 0.684. The maximum atomic E-state index is 4.80. The van der Waals surface area contributed by atoms with Gasteiger partial charge in [-0.15, -0.1) is 0 Å². The molecule has 2 heterocycles. The van der Waals surface area contributed by atoms with Gasteiger partial charge in [-0.3, -0.25) is 0 Å². The zero-order valence-corrected chi connectivity index (χ0v) is 17.9. The largest absolute Gasteiger partial charge is 0.337 e. The van der Waals surface area contributed by atoms with Crippen LogP contribution < -0.4 is 0 Å². The van der Waals surface area contributed by atoms with Gasteiger partial charge >= 0.3 is 0 Å². The summed E-state index contributed by atoms with van der Waals surface area (Å²) in [5.74, 6) is 1.16. The Morgan fingerprint density at radius 3 is 2.12 bits per heavy atom. The first-order valence-electron chi connectivity index (χ1n) is 9.47. The Kier molecular flexibility index (Phi) is 8.16. The zero-order chi connectivity index (χ0) is 17.4. The van der Waals surface area contributed by atoms with E-state index in [1.807, 2.05) is 6.20 Å². The van der Waals surface area contributed by atoms with Crippen LogP contribution in [-0.2, 0) is 6.16 Å². The number of halogens is 1. The third-order valence-electron chi connectivity index (χ3n) is 4.80. The lowest BCUT2D eigenvalue weighted by molar-refractivity contribution is 0.829. The van der Waals surface area contributed by atoms with Crippen LogP contribution >= 0.6 is 23.2 Å². The van der Waals surface area contributed by atoms with Crippen LogP contribution in [0.2, 0.25) is 0 Å². The highest BCUT2D eigenvalue weighted by Gasteiger charge is 2.36. The van der Waals surface area contributed by atoms with E-state index in [1.54, 1.807) is 0 Å². The van der Waals surface area contributed by atoms with E-state index in [1.165, 1.54) is 63.2 Å². The van der Waals surface area contributed by atoms with Crippen molar-refractivity contribution in [2.24, 2.45) is 0 Å². The van der Waals surface area contributed by atoms with Crippen molar-refractivity contribution in [3.8, 4) is 0 Å². The van der Waals surface area contributed by atoms with E-state index < -0.39 is 7.26 Å². The number of nitrogens with zero attached hydrogens (tertiary/aromatic N) is 2. The summed E-state index contributed by atoms with van der Waals surface area (Å²) in [5, 5.41) is 0. The molecule has 0 fully saturated rings. The molecule has 134 valence electrons. The second-order valence-electron chi connectivity index (χ2n) is 6.94. The molecule has 0 spiro atoms. The molecule has 0 aliphatic carbocycles. The molecule has 2 aromatic heterocycles. The number of imidazole rings is 1. The Morgan fingerprint density at radius 1 is 1.00 bits per heavy atom. The monoisotopic (exact) mass is 412 g/mol. The van der Waals surface area contributed by atoms with Gasteiger partial charge in [0.2, 0.25) is 0 Å². The SMILES string of the molecule is CCCC[P+](CCCC)(CCCC)Cc1nc2ncc(Br)cc2[nH]1. The molecule has 0 amide bonds. The first kappa shape index (κ1) is 19.8. The minimum absolute atomic E-state index is 0.854. The summed E-state index contributed by atoms with van der Waals surface area (Å²) in [7, 11) is -0.968. The van der Waals surface area contributed by atoms with E-state index in [0.717, 1.165) is 21.5 Å². The number of hydrogen-bond donors (Lipinski definition) is 1. The Labute approximate surface area is 155 Å². The molecule has 0 aliphatic rings. The van der Waals surface area contributed by atoms with Crippen molar-refractivity contribution in [1.29, 1.82) is 0 Å². The maximum Gasteiger partial charge on any atom is 0.177 e. The van der Waals surface area contributed by atoms with Crippen molar-refractivity contribution in [2.75, 3.05) is 18.5 Å². The molecular formula is C19H32BrN3P+. The molecule has 24 heavy (non-hydrogen) atoms. The summed E-state index contributed by atoms with van der Waals surface area (Å²) in [6, 6.07) is 2.09. The van der Waals surface area contributed by atoms with Crippen LogP contribution in [0.4, 0.5) is 0 Å². The van der Waals surface area contributed by atoms with Crippen LogP contribution in [0.15, 0.2) is 16.7 Å². The fourth-order valence-electron chi connectivity index (χ4n) is 3.37. The van der Waals surface area contributed by atoms with Crippen LogP contribution in [-0.4, -0.2) is 33.4 Å². The Bertz CT molecular complexity index is 604. The Morgan fingerprint density at radius 2 is 1.58 bits per heavy atom. The molecule has 3 nitrogen and oxygen atoms in total. The van der Waals surface area contributed by atoms with Gasteiger partial charge < -0.3 is 4.98 Å². The van der Waals surface area contributed by atoms with E-state index in [0.29, 0.717) is 0 Å². The average molecular weight is 413 g/mol. The van der Waals surface area contributed by atoms with Crippen molar-refractivity contribution >= 4 is 34.4 Å². The van der Waals surface area contributed by atoms with Crippen molar-refractivity contribution in [3.63, 3.8) is 0 Å². The summed E-state index contributed by atoms with van der Waals surface area (Å²) in [4.78, 5) is 12.8. The molecule has 0 aromatic carbocycles. The van der Waals surface area contributed by atoms with Crippen molar-refractivity contribution in [1.82, 2.24) is 15.0 Å². The van der Waals surface area contributed by atoms with E-state index in [2.05, 4.69) is 52.7 Å². The van der Waals surface area contributed by atoms with Gasteiger partial charge in [-0.1, -0.05) is 40.0 Å². The van der Waals surface area contributed by atoms with Crippen LogP contribution in [0.25, 0.3) is 11.2 Å². The van der Waals surface area contributed by atoms with Gasteiger partial charge in [0.15, 0.2) is 5.65 Å². The fourth-order valence-corrected chi connectivity index (χ4v) is 8.59. The van der Waals surface area contributed by atoms with Crippen molar-refractivity contribution in [3.05, 3.63) is 22.6 Å². The van der Waals surface area contributed by atoms with Gasteiger partial charge in [-0.25, -0.2) is 9.97 Å². The number of aromatic nitrogens is 3. The Hall–Kier alpha value is -0.470. The van der Waals surface area contributed by atoms with E-state index in [-0.39, 0.29) is 0 Å². The number of H-pyrrole nitrogens is 1. The highest BCUT2D eigenvalue weighted by atomic mass is 79.9. The molecular weight excluding hydrogens is 381 g/mol.